The molecule has 1 fully saturated rings. The molecule has 1 aliphatic carbocycles. The fraction of sp³-hybridized carbons (Fsp3) is 0.348. The van der Waals surface area contributed by atoms with Crippen LogP contribution in [-0.4, -0.2) is 24.0 Å². The molecule has 2 atom stereocenters. The van der Waals surface area contributed by atoms with Gasteiger partial charge in [-0.2, -0.15) is 5.26 Å². The van der Waals surface area contributed by atoms with Crippen LogP contribution in [0.2, 0.25) is 0 Å². The van der Waals surface area contributed by atoms with Crippen LogP contribution in [0.3, 0.4) is 0 Å². The maximum Gasteiger partial charge on any atom is 0.349 e. The third kappa shape index (κ3) is 2.51. The molecule has 152 valence electrons. The molecule has 0 radical (unpaired) electrons. The minimum absolute atomic E-state index is 0.125. The van der Waals surface area contributed by atoms with Gasteiger partial charge in [-0.25, -0.2) is 9.78 Å². The van der Waals surface area contributed by atoms with Gasteiger partial charge >= 0.3 is 5.91 Å². The highest BCUT2D eigenvalue weighted by Crippen LogP contribution is 2.53. The lowest BCUT2D eigenvalue weighted by Crippen LogP contribution is -2.51. The lowest BCUT2D eigenvalue weighted by molar-refractivity contribution is -0.123. The second kappa shape index (κ2) is 6.39. The van der Waals surface area contributed by atoms with Crippen LogP contribution in [0.1, 0.15) is 54.4 Å². The third-order valence-electron chi connectivity index (χ3n) is 6.44. The van der Waals surface area contributed by atoms with Crippen LogP contribution in [-0.2, 0) is 4.79 Å². The summed E-state index contributed by atoms with van der Waals surface area (Å²) < 4.78 is 5.04. The molecule has 0 bridgehead atoms. The molecule has 7 heteroatoms. The van der Waals surface area contributed by atoms with E-state index in [0.29, 0.717) is 34.0 Å². The first kappa shape index (κ1) is 18.8. The van der Waals surface area contributed by atoms with E-state index in [2.05, 4.69) is 16.4 Å². The second-order valence-corrected chi connectivity index (χ2v) is 8.42. The number of nitriles is 1. The van der Waals surface area contributed by atoms with Crippen molar-refractivity contribution in [2.75, 3.05) is 12.4 Å². The zero-order valence-electron chi connectivity index (χ0n) is 17.2. The summed E-state index contributed by atoms with van der Waals surface area (Å²) in [5.74, 6) is -0.485. The van der Waals surface area contributed by atoms with Crippen molar-refractivity contribution in [1.29, 1.82) is 5.26 Å². The monoisotopic (exact) mass is 402 g/mol. The number of hydrogen-bond acceptors (Lipinski definition) is 6. The normalized spacial score (nSPS) is 24.8. The Balaban J connectivity index is 1.79. The molecule has 1 saturated carbocycles. The zero-order chi connectivity index (χ0) is 21.2. The fourth-order valence-corrected chi connectivity index (χ4v) is 4.56. The number of carbonyl (C=O) groups is 1. The van der Waals surface area contributed by atoms with Crippen LogP contribution in [0, 0.1) is 23.5 Å². The Hall–Kier alpha value is -3.21. The summed E-state index contributed by atoms with van der Waals surface area (Å²) in [7, 11) is 1.33. The lowest BCUT2D eigenvalue weighted by Gasteiger charge is -2.45. The second-order valence-electron chi connectivity index (χ2n) is 8.42. The molecule has 1 aromatic carbocycles. The van der Waals surface area contributed by atoms with Gasteiger partial charge in [-0.05, 0) is 44.7 Å². The first-order chi connectivity index (χ1) is 14.3. The van der Waals surface area contributed by atoms with Crippen molar-refractivity contribution in [2.45, 2.75) is 45.1 Å². The number of hydrogen-bond donors (Lipinski definition) is 1. The first-order valence-corrected chi connectivity index (χ1v) is 10.1. The standard InChI is InChI=1S/C23H22N4O3/c1-12-11-25-22(30-15-5-4-6-15)20-19-16-8-7-14(10-24)9-17(16)27(3,29)23(28)18(19)13(2)26-21(12)20/h7-9,11,15,19,26H,4-6H2,1-3H3/t19-,27?/m0/s1. The molecule has 0 spiro atoms. The Bertz CT molecular complexity index is 1170. The highest BCUT2D eigenvalue weighted by atomic mass is 16.6. The number of nitrogens with one attached hydrogen (secondary N) is 1. The summed E-state index contributed by atoms with van der Waals surface area (Å²) in [6.07, 6.45) is 5.01. The zero-order valence-corrected chi connectivity index (χ0v) is 17.2. The number of anilines is 1. The molecule has 2 aliphatic heterocycles. The molecule has 0 saturated heterocycles. The van der Waals surface area contributed by atoms with Gasteiger partial charge in [-0.3, -0.25) is 4.65 Å². The number of pyridine rings is 1. The van der Waals surface area contributed by atoms with Crippen molar-refractivity contribution >= 4 is 17.3 Å². The molecule has 3 heterocycles. The number of aromatic nitrogens is 1. The van der Waals surface area contributed by atoms with Crippen LogP contribution in [0.25, 0.3) is 0 Å². The Morgan fingerprint density at radius 1 is 1.33 bits per heavy atom. The van der Waals surface area contributed by atoms with E-state index in [1.807, 2.05) is 13.8 Å². The van der Waals surface area contributed by atoms with Crippen molar-refractivity contribution in [2.24, 2.45) is 0 Å². The molecule has 1 aromatic heterocycles. The number of aryl methyl sites for hydroxylation is 1. The predicted molar refractivity (Wildman–Crippen MR) is 113 cm³/mol. The van der Waals surface area contributed by atoms with Gasteiger partial charge < -0.3 is 15.3 Å². The summed E-state index contributed by atoms with van der Waals surface area (Å²) in [4.78, 5) is 17.9. The number of fused-ring (bicyclic) bond motifs is 5. The van der Waals surface area contributed by atoms with Gasteiger partial charge in [0.25, 0.3) is 0 Å². The summed E-state index contributed by atoms with van der Waals surface area (Å²) in [5, 5.41) is 26.1. The Morgan fingerprint density at radius 2 is 2.10 bits per heavy atom. The van der Waals surface area contributed by atoms with E-state index < -0.39 is 16.5 Å². The molecule has 1 amide bonds. The smallest absolute Gasteiger partial charge is 0.349 e. The Kier molecular flexibility index (Phi) is 4.01. The van der Waals surface area contributed by atoms with Gasteiger partial charge in [-0.1, -0.05) is 6.07 Å². The molecule has 7 nitrogen and oxygen atoms in total. The van der Waals surface area contributed by atoms with Crippen molar-refractivity contribution in [3.63, 3.8) is 0 Å². The fourth-order valence-electron chi connectivity index (χ4n) is 4.56. The SMILES string of the molecule is CC1=C2C(=O)[N+](C)([O-])c3cc(C#N)ccc3[C@@H]2c2c(OC3CCC3)ncc(C)c2N1. The minimum atomic E-state index is -1.18. The Morgan fingerprint density at radius 3 is 2.77 bits per heavy atom. The molecule has 1 N–H and O–H groups in total. The maximum atomic E-state index is 13.4. The number of allylic oxidation sites excluding steroid dienone is 1. The van der Waals surface area contributed by atoms with E-state index in [4.69, 9.17) is 4.74 Å². The Labute approximate surface area is 174 Å². The number of likely N-dealkylation sites (N-methyl/N-ethyl adjacent to an activating group) is 1. The number of carbonyl (C=O) groups excluding carboxylic acids is 1. The third-order valence-corrected chi connectivity index (χ3v) is 6.44. The predicted octanol–water partition coefficient (Wildman–Crippen LogP) is 4.00. The number of quaternary nitrogens is 1. The van der Waals surface area contributed by atoms with E-state index in [1.54, 1.807) is 18.3 Å². The average molecular weight is 402 g/mol. The molecule has 1 unspecified atom stereocenters. The number of rotatable bonds is 2. The number of amides is 1. The van der Waals surface area contributed by atoms with Gasteiger partial charge in [0.2, 0.25) is 5.88 Å². The molecular formula is C23H22N4O3. The van der Waals surface area contributed by atoms with Crippen LogP contribution in [0.15, 0.2) is 35.7 Å². The van der Waals surface area contributed by atoms with Crippen LogP contribution in [0.5, 0.6) is 5.88 Å². The number of hydroxylamine groups is 2. The van der Waals surface area contributed by atoms with E-state index in [1.165, 1.54) is 13.1 Å². The summed E-state index contributed by atoms with van der Waals surface area (Å²) >= 11 is 0. The quantitative estimate of drug-likeness (QED) is 0.602. The molecule has 30 heavy (non-hydrogen) atoms. The van der Waals surface area contributed by atoms with Crippen LogP contribution in [0.4, 0.5) is 11.4 Å². The number of benzene rings is 1. The summed E-state index contributed by atoms with van der Waals surface area (Å²) in [5.41, 5.74) is 5.07. The first-order valence-electron chi connectivity index (χ1n) is 10.1. The summed E-state index contributed by atoms with van der Waals surface area (Å²) in [6.45, 7) is 3.78. The van der Waals surface area contributed by atoms with Crippen molar-refractivity contribution in [3.05, 3.63) is 63.1 Å². The average Bonchev–Trinajstić information content (AvgIpc) is 2.69. The largest absolute Gasteiger partial charge is 0.620 e. The summed E-state index contributed by atoms with van der Waals surface area (Å²) in [6, 6.07) is 7.08. The molecular weight excluding hydrogens is 380 g/mol. The van der Waals surface area contributed by atoms with Gasteiger partial charge in [0, 0.05) is 23.5 Å². The van der Waals surface area contributed by atoms with Gasteiger partial charge in [-0.15, -0.1) is 0 Å². The van der Waals surface area contributed by atoms with Gasteiger partial charge in [0.15, 0.2) is 0 Å². The number of ether oxygens (including phenoxy) is 1. The van der Waals surface area contributed by atoms with E-state index in [9.17, 15) is 15.3 Å². The molecule has 2 aromatic rings. The molecule has 5 rings (SSSR count). The molecule has 3 aliphatic rings. The van der Waals surface area contributed by atoms with Gasteiger partial charge in [0.05, 0.1) is 41.4 Å². The topological polar surface area (TPSA) is 98.1 Å². The van der Waals surface area contributed by atoms with Crippen molar-refractivity contribution in [3.8, 4) is 11.9 Å². The highest BCUT2D eigenvalue weighted by molar-refractivity contribution is 6.09. The van der Waals surface area contributed by atoms with Gasteiger partial charge in [0.1, 0.15) is 11.8 Å². The van der Waals surface area contributed by atoms with Crippen LogP contribution < -0.4 is 14.7 Å². The van der Waals surface area contributed by atoms with Crippen LogP contribution >= 0.6 is 0 Å². The minimum Gasteiger partial charge on any atom is -0.620 e. The van der Waals surface area contributed by atoms with Crippen molar-refractivity contribution in [1.82, 2.24) is 9.63 Å². The number of nitrogens with zero attached hydrogens (tertiary/aromatic N) is 3. The van der Waals surface area contributed by atoms with E-state index >= 15 is 0 Å². The lowest BCUT2D eigenvalue weighted by atomic mass is 9.76. The van der Waals surface area contributed by atoms with E-state index in [-0.39, 0.29) is 6.10 Å². The van der Waals surface area contributed by atoms with Crippen molar-refractivity contribution < 1.29 is 9.53 Å². The highest BCUT2D eigenvalue weighted by Gasteiger charge is 2.48. The maximum absolute atomic E-state index is 13.4. The van der Waals surface area contributed by atoms with E-state index in [0.717, 1.165) is 36.1 Å².